The molecule has 3 aromatic heterocycles. The van der Waals surface area contributed by atoms with Crippen LogP contribution in [0.5, 0.6) is 0 Å². The third kappa shape index (κ3) is 3.29. The van der Waals surface area contributed by atoms with E-state index >= 15 is 0 Å². The van der Waals surface area contributed by atoms with E-state index in [1.54, 1.807) is 12.3 Å². The van der Waals surface area contributed by atoms with Gasteiger partial charge in [-0.1, -0.05) is 0 Å². The van der Waals surface area contributed by atoms with Crippen LogP contribution in [0.15, 0.2) is 27.7 Å². The molecule has 1 fully saturated rings. The number of aromatic nitrogens is 4. The monoisotopic (exact) mass is 429 g/mol. The van der Waals surface area contributed by atoms with Gasteiger partial charge in [-0.15, -0.1) is 0 Å². The third-order valence-electron chi connectivity index (χ3n) is 5.22. The number of carbonyl (C=O) groups is 1. The summed E-state index contributed by atoms with van der Waals surface area (Å²) in [5.41, 5.74) is 3.32. The molecule has 4 rings (SSSR count). The minimum absolute atomic E-state index is 0.103. The second-order valence-corrected chi connectivity index (χ2v) is 7.90. The predicted molar refractivity (Wildman–Crippen MR) is 106 cm³/mol. The first kappa shape index (κ1) is 17.9. The summed E-state index contributed by atoms with van der Waals surface area (Å²) in [4.78, 5) is 34.9. The van der Waals surface area contributed by atoms with E-state index in [0.29, 0.717) is 33.3 Å². The summed E-state index contributed by atoms with van der Waals surface area (Å²) in [5, 5.41) is 7.50. The molecule has 1 aliphatic rings. The zero-order valence-corrected chi connectivity index (χ0v) is 16.8. The average molecular weight is 430 g/mol. The summed E-state index contributed by atoms with van der Waals surface area (Å²) in [7, 11) is 0. The average Bonchev–Trinajstić information content (AvgIpc) is 3.01. The second-order valence-electron chi connectivity index (χ2n) is 7.09. The van der Waals surface area contributed by atoms with Gasteiger partial charge < -0.3 is 9.88 Å². The largest absolute Gasteiger partial charge is 0.331 e. The van der Waals surface area contributed by atoms with Gasteiger partial charge in [0.2, 0.25) is 0 Å². The molecule has 0 aromatic carbocycles. The van der Waals surface area contributed by atoms with E-state index in [9.17, 15) is 9.59 Å². The number of H-pyrrole nitrogens is 2. The normalized spacial score (nSPS) is 14.3. The van der Waals surface area contributed by atoms with Gasteiger partial charge in [0.05, 0.1) is 23.7 Å². The number of aryl methyl sites for hydroxylation is 2. The smallest absolute Gasteiger partial charge is 0.255 e. The van der Waals surface area contributed by atoms with Crippen molar-refractivity contribution >= 4 is 32.9 Å². The van der Waals surface area contributed by atoms with Crippen molar-refractivity contribution in [1.82, 2.24) is 25.1 Å². The lowest BCUT2D eigenvalue weighted by molar-refractivity contribution is 0.0557. The lowest BCUT2D eigenvalue weighted by Gasteiger charge is -2.38. The van der Waals surface area contributed by atoms with Crippen LogP contribution in [0.4, 0.5) is 0 Å². The van der Waals surface area contributed by atoms with Gasteiger partial charge >= 0.3 is 0 Å². The minimum Gasteiger partial charge on any atom is -0.331 e. The number of carbonyl (C=O) groups excluding carboxylic acids is 1. The maximum atomic E-state index is 13.5. The molecule has 1 amide bonds. The van der Waals surface area contributed by atoms with Gasteiger partial charge in [0, 0.05) is 17.3 Å². The van der Waals surface area contributed by atoms with Gasteiger partial charge in [0.25, 0.3) is 11.5 Å². The summed E-state index contributed by atoms with van der Waals surface area (Å²) in [6.07, 6.45) is 4.62. The lowest BCUT2D eigenvalue weighted by atomic mass is 9.90. The van der Waals surface area contributed by atoms with Gasteiger partial charge in [0.1, 0.15) is 4.60 Å². The number of hydrogen-bond donors (Lipinski definition) is 2. The number of rotatable bonds is 4. The molecule has 0 saturated heterocycles. The number of nitrogens with zero attached hydrogens (tertiary/aromatic N) is 3. The molecule has 1 aliphatic carbocycles. The summed E-state index contributed by atoms with van der Waals surface area (Å²) in [5.74, 6) is -0.103. The Balaban J connectivity index is 1.76. The molecule has 0 aliphatic heterocycles. The van der Waals surface area contributed by atoms with E-state index < -0.39 is 0 Å². The second kappa shape index (κ2) is 6.92. The molecule has 7 nitrogen and oxygen atoms in total. The standard InChI is InChI=1S/C19H20BrN5O2/c1-10-6-11(2)22-18(26)15(10)9-25(12-4-3-5-12)19(27)13-7-16(20)23-17-14(13)8-21-24-17/h6-8,12H,3-5,9H2,1-2H3,(H,22,26)(H,21,23,24). The maximum Gasteiger partial charge on any atom is 0.255 e. The Hall–Kier alpha value is -2.48. The molecule has 27 heavy (non-hydrogen) atoms. The van der Waals surface area contributed by atoms with Crippen LogP contribution in [0.2, 0.25) is 0 Å². The Morgan fingerprint density at radius 3 is 2.78 bits per heavy atom. The van der Waals surface area contributed by atoms with Gasteiger partial charge in [-0.3, -0.25) is 14.7 Å². The fraction of sp³-hybridized carbons (Fsp3) is 0.368. The summed E-state index contributed by atoms with van der Waals surface area (Å²) in [6.45, 7) is 4.07. The molecule has 140 valence electrons. The number of fused-ring (bicyclic) bond motifs is 1. The van der Waals surface area contributed by atoms with Crippen molar-refractivity contribution in [1.29, 1.82) is 0 Å². The van der Waals surface area contributed by atoms with Gasteiger partial charge in [-0.2, -0.15) is 5.10 Å². The summed E-state index contributed by atoms with van der Waals surface area (Å²) < 4.78 is 0.570. The van der Waals surface area contributed by atoms with E-state index in [0.717, 1.165) is 30.5 Å². The Kier molecular flexibility index (Phi) is 4.59. The van der Waals surface area contributed by atoms with Gasteiger partial charge in [-0.25, -0.2) is 4.98 Å². The van der Waals surface area contributed by atoms with Crippen molar-refractivity contribution in [3.63, 3.8) is 0 Å². The van der Waals surface area contributed by atoms with Crippen LogP contribution in [0.25, 0.3) is 11.0 Å². The zero-order valence-electron chi connectivity index (χ0n) is 15.2. The van der Waals surface area contributed by atoms with Crippen molar-refractivity contribution in [3.8, 4) is 0 Å². The number of amides is 1. The molecule has 2 N–H and O–H groups in total. The molecule has 1 saturated carbocycles. The SMILES string of the molecule is Cc1cc(C)c(CN(C(=O)c2cc(Br)nc3[nH]ncc23)C2CCC2)c(=O)[nH]1. The molecule has 3 aromatic rings. The first-order chi connectivity index (χ1) is 12.9. The van der Waals surface area contributed by atoms with Crippen LogP contribution in [0.1, 0.15) is 46.4 Å². The number of hydrogen-bond acceptors (Lipinski definition) is 4. The van der Waals surface area contributed by atoms with Crippen molar-refractivity contribution in [2.75, 3.05) is 0 Å². The Morgan fingerprint density at radius 2 is 2.11 bits per heavy atom. The molecule has 0 bridgehead atoms. The van der Waals surface area contributed by atoms with Crippen LogP contribution >= 0.6 is 15.9 Å². The molecule has 3 heterocycles. The molecule has 8 heteroatoms. The topological polar surface area (TPSA) is 94.7 Å². The molecule has 0 unspecified atom stereocenters. The van der Waals surface area contributed by atoms with Crippen molar-refractivity contribution in [2.24, 2.45) is 0 Å². The van der Waals surface area contributed by atoms with Crippen LogP contribution in [-0.4, -0.2) is 37.0 Å². The number of halogens is 1. The van der Waals surface area contributed by atoms with Gasteiger partial charge in [0.15, 0.2) is 5.65 Å². The van der Waals surface area contributed by atoms with Crippen molar-refractivity contribution in [3.05, 3.63) is 55.7 Å². The summed E-state index contributed by atoms with van der Waals surface area (Å²) in [6, 6.07) is 3.81. The third-order valence-corrected chi connectivity index (χ3v) is 5.63. The maximum absolute atomic E-state index is 13.5. The van der Waals surface area contributed by atoms with Crippen LogP contribution in [0.3, 0.4) is 0 Å². The zero-order chi connectivity index (χ0) is 19.1. The van der Waals surface area contributed by atoms with Crippen LogP contribution in [-0.2, 0) is 6.54 Å². The van der Waals surface area contributed by atoms with Crippen molar-refractivity contribution < 1.29 is 4.79 Å². The Labute approximate surface area is 164 Å². The highest BCUT2D eigenvalue weighted by Gasteiger charge is 2.31. The Morgan fingerprint density at radius 1 is 1.33 bits per heavy atom. The fourth-order valence-electron chi connectivity index (χ4n) is 3.54. The lowest BCUT2D eigenvalue weighted by Crippen LogP contribution is -2.45. The number of pyridine rings is 2. The minimum atomic E-state index is -0.131. The highest BCUT2D eigenvalue weighted by molar-refractivity contribution is 9.10. The van der Waals surface area contributed by atoms with E-state index in [4.69, 9.17) is 0 Å². The molecular weight excluding hydrogens is 410 g/mol. The van der Waals surface area contributed by atoms with Crippen molar-refractivity contribution in [2.45, 2.75) is 45.7 Å². The van der Waals surface area contributed by atoms with Crippen LogP contribution < -0.4 is 5.56 Å². The Bertz CT molecular complexity index is 1080. The molecular formula is C19H20BrN5O2. The van der Waals surface area contributed by atoms with E-state index in [2.05, 4.69) is 36.1 Å². The van der Waals surface area contributed by atoms with E-state index in [1.165, 1.54) is 0 Å². The highest BCUT2D eigenvalue weighted by atomic mass is 79.9. The molecule has 0 atom stereocenters. The highest BCUT2D eigenvalue weighted by Crippen LogP contribution is 2.30. The molecule has 0 radical (unpaired) electrons. The number of nitrogens with one attached hydrogen (secondary N) is 2. The van der Waals surface area contributed by atoms with E-state index in [-0.39, 0.29) is 17.5 Å². The summed E-state index contributed by atoms with van der Waals surface area (Å²) >= 11 is 3.37. The fourth-order valence-corrected chi connectivity index (χ4v) is 3.95. The molecule has 0 spiro atoms. The van der Waals surface area contributed by atoms with Gasteiger partial charge in [-0.05, 0) is 66.7 Å². The quantitative estimate of drug-likeness (QED) is 0.622. The van der Waals surface area contributed by atoms with E-state index in [1.807, 2.05) is 24.8 Å². The first-order valence-electron chi connectivity index (χ1n) is 8.94. The predicted octanol–water partition coefficient (Wildman–Crippen LogP) is 3.22. The first-order valence-corrected chi connectivity index (χ1v) is 9.73. The van der Waals surface area contributed by atoms with Crippen LogP contribution in [0, 0.1) is 13.8 Å². The number of aromatic amines is 2.